The van der Waals surface area contributed by atoms with Crippen LogP contribution in [0.1, 0.15) is 26.7 Å². The summed E-state index contributed by atoms with van der Waals surface area (Å²) in [5.41, 5.74) is 13.6. The summed E-state index contributed by atoms with van der Waals surface area (Å²) < 4.78 is 0. The van der Waals surface area contributed by atoms with Gasteiger partial charge in [-0.15, -0.1) is 0 Å². The quantitative estimate of drug-likeness (QED) is 0.634. The Balaban J connectivity index is 2.98. The summed E-state index contributed by atoms with van der Waals surface area (Å²) in [6.45, 7) is 3.97. The molecular weight excluding hydrogens is 160 g/mol. The van der Waals surface area contributed by atoms with Gasteiger partial charge in [0.1, 0.15) is 0 Å². The molecule has 0 amide bonds. The minimum absolute atomic E-state index is 0.385. The van der Waals surface area contributed by atoms with Crippen LogP contribution in [0.15, 0.2) is 35.6 Å². The Hall–Kier alpha value is -1.02. The molecule has 0 saturated heterocycles. The Morgan fingerprint density at radius 3 is 2.77 bits per heavy atom. The van der Waals surface area contributed by atoms with Crippen LogP contribution in [-0.2, 0) is 0 Å². The maximum atomic E-state index is 6.13. The molecule has 13 heavy (non-hydrogen) atoms. The molecule has 0 bridgehead atoms. The summed E-state index contributed by atoms with van der Waals surface area (Å²) in [4.78, 5) is 0. The van der Waals surface area contributed by atoms with E-state index in [2.05, 4.69) is 6.08 Å². The van der Waals surface area contributed by atoms with Crippen molar-refractivity contribution in [3.8, 4) is 0 Å². The third-order valence-electron chi connectivity index (χ3n) is 2.37. The van der Waals surface area contributed by atoms with Crippen molar-refractivity contribution in [1.29, 1.82) is 0 Å². The van der Waals surface area contributed by atoms with Crippen molar-refractivity contribution in [3.05, 3.63) is 35.6 Å². The second kappa shape index (κ2) is 3.79. The summed E-state index contributed by atoms with van der Waals surface area (Å²) in [6.07, 6.45) is 10.0. The Kier molecular flexibility index (Phi) is 2.94. The van der Waals surface area contributed by atoms with Gasteiger partial charge in [0.05, 0.1) is 5.54 Å². The van der Waals surface area contributed by atoms with E-state index in [1.54, 1.807) is 0 Å². The van der Waals surface area contributed by atoms with E-state index in [9.17, 15) is 0 Å². The molecule has 0 aromatic rings. The van der Waals surface area contributed by atoms with E-state index in [0.717, 1.165) is 24.1 Å². The van der Waals surface area contributed by atoms with Crippen LogP contribution >= 0.6 is 0 Å². The van der Waals surface area contributed by atoms with Gasteiger partial charge in [0.2, 0.25) is 0 Å². The fourth-order valence-corrected chi connectivity index (χ4v) is 1.71. The van der Waals surface area contributed by atoms with Crippen molar-refractivity contribution in [2.24, 2.45) is 11.5 Å². The molecule has 0 aromatic heterocycles. The summed E-state index contributed by atoms with van der Waals surface area (Å²) in [7, 11) is 0. The van der Waals surface area contributed by atoms with Crippen LogP contribution in [0.2, 0.25) is 0 Å². The molecule has 1 aliphatic rings. The molecule has 72 valence electrons. The average molecular weight is 178 g/mol. The Morgan fingerprint density at radius 1 is 1.54 bits per heavy atom. The first kappa shape index (κ1) is 10.1. The van der Waals surface area contributed by atoms with Gasteiger partial charge in [-0.2, -0.15) is 0 Å². The first-order chi connectivity index (χ1) is 6.08. The fourth-order valence-electron chi connectivity index (χ4n) is 1.71. The summed E-state index contributed by atoms with van der Waals surface area (Å²) in [6, 6.07) is 0. The minimum Gasteiger partial charge on any atom is -0.399 e. The van der Waals surface area contributed by atoms with Crippen molar-refractivity contribution in [2.75, 3.05) is 0 Å². The highest BCUT2D eigenvalue weighted by Crippen LogP contribution is 2.25. The normalized spacial score (nSPS) is 22.4. The largest absolute Gasteiger partial charge is 0.399 e. The van der Waals surface area contributed by atoms with Crippen molar-refractivity contribution >= 4 is 0 Å². The number of allylic oxidation sites excluding steroid dienone is 3. The number of hydrogen-bond acceptors (Lipinski definition) is 2. The van der Waals surface area contributed by atoms with Gasteiger partial charge in [0.15, 0.2) is 0 Å². The second-order valence-electron chi connectivity index (χ2n) is 3.66. The summed E-state index contributed by atoms with van der Waals surface area (Å²) in [5.74, 6) is 0. The molecule has 1 aliphatic carbocycles. The molecule has 1 rings (SSSR count). The predicted octanol–water partition coefficient (Wildman–Crippen LogP) is 1.84. The SMILES string of the molecule is C/C=C/C(C)(N)C1=C(N)C=CCC1. The maximum Gasteiger partial charge on any atom is 0.0548 e. The number of rotatable bonds is 2. The predicted molar refractivity (Wildman–Crippen MR) is 57.0 cm³/mol. The smallest absolute Gasteiger partial charge is 0.0548 e. The van der Waals surface area contributed by atoms with Gasteiger partial charge in [0.25, 0.3) is 0 Å². The molecule has 0 fully saturated rings. The molecule has 0 aromatic carbocycles. The van der Waals surface area contributed by atoms with E-state index >= 15 is 0 Å². The molecule has 0 saturated carbocycles. The first-order valence-corrected chi connectivity index (χ1v) is 4.66. The second-order valence-corrected chi connectivity index (χ2v) is 3.66. The lowest BCUT2D eigenvalue weighted by molar-refractivity contribution is 0.635. The molecule has 2 heteroatoms. The van der Waals surface area contributed by atoms with E-state index in [-0.39, 0.29) is 5.54 Å². The summed E-state index contributed by atoms with van der Waals surface area (Å²) >= 11 is 0. The van der Waals surface area contributed by atoms with Gasteiger partial charge < -0.3 is 11.5 Å². The van der Waals surface area contributed by atoms with Crippen LogP contribution in [-0.4, -0.2) is 5.54 Å². The lowest BCUT2D eigenvalue weighted by atomic mass is 9.85. The Morgan fingerprint density at radius 2 is 2.23 bits per heavy atom. The zero-order valence-electron chi connectivity index (χ0n) is 8.38. The van der Waals surface area contributed by atoms with Crippen LogP contribution < -0.4 is 11.5 Å². The molecule has 0 spiro atoms. The topological polar surface area (TPSA) is 52.0 Å². The highest BCUT2D eigenvalue weighted by atomic mass is 14.7. The fraction of sp³-hybridized carbons (Fsp3) is 0.455. The zero-order valence-corrected chi connectivity index (χ0v) is 8.38. The van der Waals surface area contributed by atoms with Gasteiger partial charge >= 0.3 is 0 Å². The molecule has 4 N–H and O–H groups in total. The van der Waals surface area contributed by atoms with Gasteiger partial charge in [-0.3, -0.25) is 0 Å². The molecule has 0 radical (unpaired) electrons. The van der Waals surface area contributed by atoms with E-state index in [0.29, 0.717) is 0 Å². The van der Waals surface area contributed by atoms with E-state index in [1.165, 1.54) is 0 Å². The highest BCUT2D eigenvalue weighted by molar-refractivity contribution is 5.37. The number of nitrogens with two attached hydrogens (primary N) is 2. The van der Waals surface area contributed by atoms with Crippen molar-refractivity contribution < 1.29 is 0 Å². The minimum atomic E-state index is -0.385. The van der Waals surface area contributed by atoms with E-state index in [4.69, 9.17) is 11.5 Å². The average Bonchev–Trinajstić information content (AvgIpc) is 2.04. The van der Waals surface area contributed by atoms with Crippen molar-refractivity contribution in [3.63, 3.8) is 0 Å². The van der Waals surface area contributed by atoms with E-state index < -0.39 is 0 Å². The lowest BCUT2D eigenvalue weighted by Gasteiger charge is -2.27. The van der Waals surface area contributed by atoms with E-state index in [1.807, 2.05) is 32.1 Å². The molecule has 0 aliphatic heterocycles. The molecule has 1 atom stereocenters. The van der Waals surface area contributed by atoms with Crippen LogP contribution in [0.5, 0.6) is 0 Å². The molecule has 1 unspecified atom stereocenters. The van der Waals surface area contributed by atoms with Gasteiger partial charge in [-0.25, -0.2) is 0 Å². The van der Waals surface area contributed by atoms with Crippen molar-refractivity contribution in [1.82, 2.24) is 0 Å². The molecule has 2 nitrogen and oxygen atoms in total. The van der Waals surface area contributed by atoms with Crippen LogP contribution in [0.25, 0.3) is 0 Å². The number of hydrogen-bond donors (Lipinski definition) is 2. The standard InChI is InChI=1S/C11H18N2/c1-3-8-11(2,13)9-6-4-5-7-10(9)12/h3,5,7-8H,4,6,12-13H2,1-2H3/b8-3+. The Bertz CT molecular complexity index is 270. The van der Waals surface area contributed by atoms with Gasteiger partial charge in [-0.05, 0) is 38.3 Å². The first-order valence-electron chi connectivity index (χ1n) is 4.66. The lowest BCUT2D eigenvalue weighted by Crippen LogP contribution is -2.38. The van der Waals surface area contributed by atoms with Crippen LogP contribution in [0.4, 0.5) is 0 Å². The van der Waals surface area contributed by atoms with Gasteiger partial charge in [0, 0.05) is 5.70 Å². The third kappa shape index (κ3) is 2.22. The van der Waals surface area contributed by atoms with Crippen molar-refractivity contribution in [2.45, 2.75) is 32.2 Å². The molecule has 0 heterocycles. The van der Waals surface area contributed by atoms with Crippen LogP contribution in [0, 0.1) is 0 Å². The van der Waals surface area contributed by atoms with Gasteiger partial charge in [-0.1, -0.05) is 18.2 Å². The third-order valence-corrected chi connectivity index (χ3v) is 2.37. The van der Waals surface area contributed by atoms with Crippen LogP contribution in [0.3, 0.4) is 0 Å². The summed E-state index contributed by atoms with van der Waals surface area (Å²) in [5, 5.41) is 0. The maximum absolute atomic E-state index is 6.13. The molecular formula is C11H18N2. The monoisotopic (exact) mass is 178 g/mol. The highest BCUT2D eigenvalue weighted by Gasteiger charge is 2.22. The Labute approximate surface area is 80.0 Å². The zero-order chi connectivity index (χ0) is 9.90.